The summed E-state index contributed by atoms with van der Waals surface area (Å²) in [5, 5.41) is 2.54. The van der Waals surface area contributed by atoms with E-state index in [0.29, 0.717) is 13.1 Å². The van der Waals surface area contributed by atoms with Gasteiger partial charge in [-0.1, -0.05) is 0 Å². The van der Waals surface area contributed by atoms with Crippen LogP contribution in [-0.4, -0.2) is 48.9 Å². The first-order chi connectivity index (χ1) is 6.78. The maximum Gasteiger partial charge on any atom is 0.408 e. The van der Waals surface area contributed by atoms with Crippen LogP contribution in [0, 0.1) is 0 Å². The van der Waals surface area contributed by atoms with E-state index in [1.165, 1.54) is 0 Å². The zero-order chi connectivity index (χ0) is 11.6. The third-order valence-corrected chi connectivity index (χ3v) is 2.13. The smallest absolute Gasteiger partial charge is 0.408 e. The van der Waals surface area contributed by atoms with Crippen molar-refractivity contribution < 1.29 is 13.9 Å². The minimum atomic E-state index is -1.01. The summed E-state index contributed by atoms with van der Waals surface area (Å²) in [5.41, 5.74) is -0.541. The van der Waals surface area contributed by atoms with Crippen molar-refractivity contribution in [3.63, 3.8) is 0 Å². The Kier molecular flexibility index (Phi) is 3.54. The van der Waals surface area contributed by atoms with Gasteiger partial charge in [-0.3, -0.25) is 0 Å². The van der Waals surface area contributed by atoms with Gasteiger partial charge in [-0.15, -0.1) is 0 Å². The van der Waals surface area contributed by atoms with Gasteiger partial charge in [-0.25, -0.2) is 9.18 Å². The zero-order valence-corrected chi connectivity index (χ0v) is 9.71. The van der Waals surface area contributed by atoms with Crippen molar-refractivity contribution in [2.75, 3.05) is 20.1 Å². The highest BCUT2D eigenvalue weighted by atomic mass is 19.1. The van der Waals surface area contributed by atoms with Crippen LogP contribution in [0.25, 0.3) is 0 Å². The third kappa shape index (κ3) is 4.03. The van der Waals surface area contributed by atoms with Crippen LogP contribution in [0.3, 0.4) is 0 Å². The number of ether oxygens (including phenoxy) is 1. The number of carbonyl (C=O) groups excluding carboxylic acids is 1. The van der Waals surface area contributed by atoms with Crippen LogP contribution in [0.2, 0.25) is 0 Å². The molecule has 1 rings (SSSR count). The van der Waals surface area contributed by atoms with E-state index in [1.807, 2.05) is 11.9 Å². The van der Waals surface area contributed by atoms with Crippen molar-refractivity contribution in [3.05, 3.63) is 0 Å². The molecule has 15 heavy (non-hydrogen) atoms. The fourth-order valence-electron chi connectivity index (χ4n) is 1.54. The molecule has 2 atom stereocenters. The molecule has 0 radical (unpaired) electrons. The number of alkyl carbamates (subject to hydrolysis) is 1. The lowest BCUT2D eigenvalue weighted by atomic mass is 10.2. The van der Waals surface area contributed by atoms with Crippen LogP contribution >= 0.6 is 0 Å². The fourth-order valence-corrected chi connectivity index (χ4v) is 1.54. The first-order valence-electron chi connectivity index (χ1n) is 5.10. The van der Waals surface area contributed by atoms with E-state index in [4.69, 9.17) is 4.74 Å². The van der Waals surface area contributed by atoms with Crippen LogP contribution < -0.4 is 5.32 Å². The average molecular weight is 218 g/mol. The van der Waals surface area contributed by atoms with E-state index >= 15 is 0 Å². The predicted molar refractivity (Wildman–Crippen MR) is 55.6 cm³/mol. The number of nitrogens with one attached hydrogen (secondary N) is 1. The molecule has 5 heteroatoms. The van der Waals surface area contributed by atoms with Gasteiger partial charge in [0.25, 0.3) is 0 Å². The summed E-state index contributed by atoms with van der Waals surface area (Å²) >= 11 is 0. The maximum absolute atomic E-state index is 13.3. The molecule has 0 spiro atoms. The molecule has 1 fully saturated rings. The van der Waals surface area contributed by atoms with E-state index in [-0.39, 0.29) is 0 Å². The van der Waals surface area contributed by atoms with E-state index in [1.54, 1.807) is 20.8 Å². The van der Waals surface area contributed by atoms with E-state index in [0.717, 1.165) is 0 Å². The second-order valence-corrected chi connectivity index (χ2v) is 4.99. The van der Waals surface area contributed by atoms with Gasteiger partial charge in [0.1, 0.15) is 11.8 Å². The number of carbonyl (C=O) groups is 1. The third-order valence-electron chi connectivity index (χ3n) is 2.13. The number of alkyl halides is 1. The highest BCUT2D eigenvalue weighted by Gasteiger charge is 2.32. The summed E-state index contributed by atoms with van der Waals surface area (Å²) in [5.74, 6) is 0. The molecule has 0 aromatic rings. The minimum Gasteiger partial charge on any atom is -0.444 e. The molecule has 88 valence electrons. The molecule has 1 aliphatic rings. The van der Waals surface area contributed by atoms with Gasteiger partial charge in [0.2, 0.25) is 0 Å². The van der Waals surface area contributed by atoms with Crippen LogP contribution in [0.15, 0.2) is 0 Å². The Balaban J connectivity index is 2.39. The largest absolute Gasteiger partial charge is 0.444 e. The van der Waals surface area contributed by atoms with Gasteiger partial charge in [0, 0.05) is 13.1 Å². The monoisotopic (exact) mass is 218 g/mol. The molecule has 1 saturated heterocycles. The lowest BCUT2D eigenvalue weighted by Crippen LogP contribution is -2.43. The number of likely N-dealkylation sites (N-methyl/N-ethyl adjacent to an activating group) is 1. The number of amides is 1. The van der Waals surface area contributed by atoms with Gasteiger partial charge >= 0.3 is 6.09 Å². The quantitative estimate of drug-likeness (QED) is 0.718. The maximum atomic E-state index is 13.3. The zero-order valence-electron chi connectivity index (χ0n) is 9.71. The second-order valence-electron chi connectivity index (χ2n) is 4.99. The van der Waals surface area contributed by atoms with E-state index in [9.17, 15) is 9.18 Å². The van der Waals surface area contributed by atoms with Crippen molar-refractivity contribution in [1.29, 1.82) is 0 Å². The molecular weight excluding hydrogens is 199 g/mol. The van der Waals surface area contributed by atoms with Gasteiger partial charge in [-0.05, 0) is 27.8 Å². The van der Waals surface area contributed by atoms with Gasteiger partial charge in [0.15, 0.2) is 0 Å². The Morgan fingerprint density at radius 2 is 2.07 bits per heavy atom. The molecule has 0 bridgehead atoms. The summed E-state index contributed by atoms with van der Waals surface area (Å²) < 4.78 is 18.4. The molecule has 1 heterocycles. The van der Waals surface area contributed by atoms with Crippen molar-refractivity contribution >= 4 is 6.09 Å². The number of rotatable bonds is 1. The Morgan fingerprint density at radius 3 is 2.47 bits per heavy atom. The number of halogens is 1. The Morgan fingerprint density at radius 1 is 1.47 bits per heavy atom. The molecule has 1 amide bonds. The van der Waals surface area contributed by atoms with Crippen molar-refractivity contribution in [2.24, 2.45) is 0 Å². The average Bonchev–Trinajstić information content (AvgIpc) is 2.25. The van der Waals surface area contributed by atoms with E-state index in [2.05, 4.69) is 5.32 Å². The summed E-state index contributed by atoms with van der Waals surface area (Å²) in [6, 6.07) is -0.454. The standard InChI is InChI=1S/C10H19FN2O2/c1-10(2,3)15-9(14)12-8-6-13(4)5-7(8)11/h7-8H,5-6H2,1-4H3,(H,12,14)/t7-,8-/m1/s1. The number of hydrogen-bond acceptors (Lipinski definition) is 3. The van der Waals surface area contributed by atoms with Crippen molar-refractivity contribution in [1.82, 2.24) is 10.2 Å². The molecule has 0 saturated carbocycles. The molecule has 1 N–H and O–H groups in total. The van der Waals surface area contributed by atoms with Gasteiger partial charge in [0.05, 0.1) is 6.04 Å². The summed E-state index contributed by atoms with van der Waals surface area (Å²) in [6.07, 6.45) is -1.56. The van der Waals surface area contributed by atoms with Crippen LogP contribution in [0.4, 0.5) is 9.18 Å². The predicted octanol–water partition coefficient (Wildman–Crippen LogP) is 1.16. The SMILES string of the molecule is CN1C[C@@H](F)[C@H](NC(=O)OC(C)(C)C)C1. The summed E-state index contributed by atoms with van der Waals surface area (Å²) in [4.78, 5) is 13.2. The topological polar surface area (TPSA) is 41.6 Å². The molecule has 0 unspecified atom stereocenters. The highest BCUT2D eigenvalue weighted by molar-refractivity contribution is 5.68. The lowest BCUT2D eigenvalue weighted by molar-refractivity contribution is 0.0489. The second kappa shape index (κ2) is 4.35. The lowest BCUT2D eigenvalue weighted by Gasteiger charge is -2.22. The van der Waals surface area contributed by atoms with Crippen LogP contribution in [0.1, 0.15) is 20.8 Å². The normalized spacial score (nSPS) is 27.8. The Labute approximate surface area is 89.8 Å². The molecular formula is C10H19FN2O2. The number of likely N-dealkylation sites (tertiary alicyclic amines) is 1. The van der Waals surface area contributed by atoms with Crippen LogP contribution in [0.5, 0.6) is 0 Å². The first kappa shape index (κ1) is 12.2. The first-order valence-corrected chi connectivity index (χ1v) is 5.10. The molecule has 0 aromatic carbocycles. The van der Waals surface area contributed by atoms with Crippen molar-refractivity contribution in [2.45, 2.75) is 38.6 Å². The molecule has 0 aromatic heterocycles. The van der Waals surface area contributed by atoms with E-state index < -0.39 is 23.9 Å². The minimum absolute atomic E-state index is 0.362. The Bertz CT molecular complexity index is 240. The molecule has 1 aliphatic heterocycles. The summed E-state index contributed by atoms with van der Waals surface area (Å²) in [7, 11) is 1.82. The van der Waals surface area contributed by atoms with Crippen LogP contribution in [-0.2, 0) is 4.74 Å². The number of nitrogens with zero attached hydrogens (tertiary/aromatic N) is 1. The highest BCUT2D eigenvalue weighted by Crippen LogP contribution is 2.13. The molecule has 4 nitrogen and oxygen atoms in total. The molecule has 0 aliphatic carbocycles. The van der Waals surface area contributed by atoms with Gasteiger partial charge in [-0.2, -0.15) is 0 Å². The fraction of sp³-hybridized carbons (Fsp3) is 0.900. The van der Waals surface area contributed by atoms with Crippen molar-refractivity contribution in [3.8, 4) is 0 Å². The van der Waals surface area contributed by atoms with Gasteiger partial charge < -0.3 is 15.0 Å². The summed E-state index contributed by atoms with van der Waals surface area (Å²) in [6.45, 7) is 6.22. The Hall–Kier alpha value is -0.840. The number of hydrogen-bond donors (Lipinski definition) is 1.